The predicted octanol–water partition coefficient (Wildman–Crippen LogP) is 2.97. The van der Waals surface area contributed by atoms with E-state index >= 15 is 0 Å². The van der Waals surface area contributed by atoms with E-state index in [4.69, 9.17) is 0 Å². The molecule has 0 aliphatic carbocycles. The number of fused-ring (bicyclic) bond motifs is 2. The first-order chi connectivity index (χ1) is 9.42. The number of H-pyrrole nitrogens is 1. The van der Waals surface area contributed by atoms with Gasteiger partial charge in [-0.1, -0.05) is 30.3 Å². The molecule has 89 valence electrons. The van der Waals surface area contributed by atoms with Gasteiger partial charge in [0.2, 0.25) is 0 Å². The third-order valence-corrected chi connectivity index (χ3v) is 3.11. The monoisotopic (exact) mass is 245 g/mol. The van der Waals surface area contributed by atoms with Crippen LogP contribution in [-0.2, 0) is 0 Å². The summed E-state index contributed by atoms with van der Waals surface area (Å²) in [6.07, 6.45) is 2.69. The molecule has 4 heteroatoms. The molecule has 0 fully saturated rings. The number of rotatable bonds is 1. The molecule has 4 nitrogen and oxygen atoms in total. The third kappa shape index (κ3) is 1.57. The van der Waals surface area contributed by atoms with E-state index in [1.807, 2.05) is 48.5 Å². The van der Waals surface area contributed by atoms with Crippen LogP contribution in [-0.4, -0.2) is 19.9 Å². The summed E-state index contributed by atoms with van der Waals surface area (Å²) < 4.78 is 0. The van der Waals surface area contributed by atoms with Crippen LogP contribution >= 0.6 is 0 Å². The molecule has 19 heavy (non-hydrogen) atoms. The molecule has 0 bridgehead atoms. The number of imidazole rings is 1. The van der Waals surface area contributed by atoms with E-state index in [9.17, 15) is 0 Å². The highest BCUT2D eigenvalue weighted by Gasteiger charge is 2.10. The summed E-state index contributed by atoms with van der Waals surface area (Å²) in [4.78, 5) is 16.2. The predicted molar refractivity (Wildman–Crippen MR) is 73.5 cm³/mol. The molecular weight excluding hydrogens is 236 g/mol. The van der Waals surface area contributed by atoms with Crippen molar-refractivity contribution >= 4 is 21.9 Å². The summed E-state index contributed by atoms with van der Waals surface area (Å²) in [5, 5.41) is 0.973. The van der Waals surface area contributed by atoms with E-state index in [2.05, 4.69) is 26.3 Å². The van der Waals surface area contributed by atoms with E-state index < -0.39 is 0 Å². The van der Waals surface area contributed by atoms with Crippen LogP contribution in [0.4, 0.5) is 0 Å². The van der Waals surface area contributed by atoms with Crippen LogP contribution in [0, 0.1) is 6.33 Å². The van der Waals surface area contributed by atoms with Crippen molar-refractivity contribution in [3.63, 3.8) is 0 Å². The standard InChI is InChI=1S/C15H9N4/c1-2-6-11-10(5-1)14(17-9-16-11)15-18-12-7-3-4-8-13(12)19-15/h1-8H,(H,18,19). The Morgan fingerprint density at radius 2 is 1.63 bits per heavy atom. The fraction of sp³-hybridized carbons (Fsp3) is 0. The lowest BCUT2D eigenvalue weighted by molar-refractivity contribution is 1.17. The van der Waals surface area contributed by atoms with Gasteiger partial charge in [0.1, 0.15) is 5.69 Å². The van der Waals surface area contributed by atoms with Crippen molar-refractivity contribution in [2.45, 2.75) is 0 Å². The Morgan fingerprint density at radius 3 is 2.53 bits per heavy atom. The van der Waals surface area contributed by atoms with Gasteiger partial charge in [-0.05, 0) is 18.2 Å². The van der Waals surface area contributed by atoms with E-state index in [0.29, 0.717) is 0 Å². The summed E-state index contributed by atoms with van der Waals surface area (Å²) in [6, 6.07) is 15.8. The highest BCUT2D eigenvalue weighted by atomic mass is 15.0. The Balaban J connectivity index is 2.03. The van der Waals surface area contributed by atoms with Gasteiger partial charge >= 0.3 is 0 Å². The van der Waals surface area contributed by atoms with Crippen molar-refractivity contribution in [3.05, 3.63) is 54.9 Å². The summed E-state index contributed by atoms with van der Waals surface area (Å²) >= 11 is 0. The zero-order chi connectivity index (χ0) is 12.7. The fourth-order valence-corrected chi connectivity index (χ4v) is 2.21. The van der Waals surface area contributed by atoms with Gasteiger partial charge in [-0.25, -0.2) is 15.0 Å². The summed E-state index contributed by atoms with van der Waals surface area (Å²) in [7, 11) is 0. The highest BCUT2D eigenvalue weighted by molar-refractivity contribution is 5.92. The van der Waals surface area contributed by atoms with Crippen LogP contribution in [0.5, 0.6) is 0 Å². The first-order valence-electron chi connectivity index (χ1n) is 6.00. The molecule has 0 spiro atoms. The maximum Gasteiger partial charge on any atom is 0.199 e. The number of hydrogen-bond acceptors (Lipinski definition) is 3. The number of hydrogen-bond donors (Lipinski definition) is 1. The van der Waals surface area contributed by atoms with Crippen molar-refractivity contribution < 1.29 is 0 Å². The molecule has 1 radical (unpaired) electrons. The van der Waals surface area contributed by atoms with E-state index in [0.717, 1.165) is 33.5 Å². The summed E-state index contributed by atoms with van der Waals surface area (Å²) in [5.74, 6) is 0.746. The highest BCUT2D eigenvalue weighted by Crippen LogP contribution is 2.24. The SMILES string of the molecule is [c]1nc(-c2nc3ccccc3[nH]2)c2ccccc2n1. The van der Waals surface area contributed by atoms with Crippen molar-refractivity contribution in [2.75, 3.05) is 0 Å². The van der Waals surface area contributed by atoms with Crippen LogP contribution in [0.1, 0.15) is 0 Å². The molecule has 0 unspecified atom stereocenters. The quantitative estimate of drug-likeness (QED) is 0.561. The number of nitrogens with zero attached hydrogens (tertiary/aromatic N) is 3. The Bertz CT molecular complexity index is 841. The molecule has 0 aliphatic heterocycles. The van der Waals surface area contributed by atoms with E-state index in [1.165, 1.54) is 0 Å². The average molecular weight is 245 g/mol. The molecule has 1 N–H and O–H groups in total. The lowest BCUT2D eigenvalue weighted by atomic mass is 10.2. The maximum absolute atomic E-state index is 4.57. The lowest BCUT2D eigenvalue weighted by Gasteiger charge is -2.00. The van der Waals surface area contributed by atoms with Crippen LogP contribution in [0.2, 0.25) is 0 Å². The van der Waals surface area contributed by atoms with Gasteiger partial charge in [0, 0.05) is 5.39 Å². The third-order valence-electron chi connectivity index (χ3n) is 3.11. The van der Waals surface area contributed by atoms with E-state index in [1.54, 1.807) is 0 Å². The Morgan fingerprint density at radius 1 is 0.842 bits per heavy atom. The topological polar surface area (TPSA) is 54.5 Å². The zero-order valence-electron chi connectivity index (χ0n) is 9.96. The normalized spacial score (nSPS) is 11.2. The first-order valence-corrected chi connectivity index (χ1v) is 6.00. The largest absolute Gasteiger partial charge is 0.337 e. The lowest BCUT2D eigenvalue weighted by Crippen LogP contribution is -1.90. The van der Waals surface area contributed by atoms with Crippen molar-refractivity contribution in [2.24, 2.45) is 0 Å². The smallest absolute Gasteiger partial charge is 0.199 e. The van der Waals surface area contributed by atoms with E-state index in [-0.39, 0.29) is 0 Å². The van der Waals surface area contributed by atoms with Crippen molar-refractivity contribution in [1.82, 2.24) is 19.9 Å². The van der Waals surface area contributed by atoms with Gasteiger partial charge in [-0.3, -0.25) is 0 Å². The second-order valence-electron chi connectivity index (χ2n) is 4.29. The van der Waals surface area contributed by atoms with Crippen LogP contribution in [0.15, 0.2) is 48.5 Å². The molecule has 0 saturated heterocycles. The number of aromatic nitrogens is 4. The second-order valence-corrected chi connectivity index (χ2v) is 4.29. The average Bonchev–Trinajstić information content (AvgIpc) is 2.90. The van der Waals surface area contributed by atoms with Crippen LogP contribution in [0.3, 0.4) is 0 Å². The molecule has 0 saturated carbocycles. The molecule has 0 amide bonds. The van der Waals surface area contributed by atoms with Crippen LogP contribution < -0.4 is 0 Å². The first kappa shape index (κ1) is 10.2. The number of para-hydroxylation sites is 3. The van der Waals surface area contributed by atoms with Crippen molar-refractivity contribution in [3.8, 4) is 11.5 Å². The Labute approximate surface area is 109 Å². The molecule has 2 heterocycles. The van der Waals surface area contributed by atoms with Gasteiger partial charge in [0.15, 0.2) is 12.2 Å². The number of aromatic amines is 1. The second kappa shape index (κ2) is 3.88. The van der Waals surface area contributed by atoms with Gasteiger partial charge in [-0.15, -0.1) is 0 Å². The van der Waals surface area contributed by atoms with Gasteiger partial charge in [-0.2, -0.15) is 0 Å². The summed E-state index contributed by atoms with van der Waals surface area (Å²) in [6.45, 7) is 0. The minimum Gasteiger partial charge on any atom is -0.337 e. The minimum atomic E-state index is 0.746. The molecule has 4 aromatic rings. The molecule has 2 aromatic carbocycles. The summed E-state index contributed by atoms with van der Waals surface area (Å²) in [5.41, 5.74) is 3.58. The number of nitrogens with one attached hydrogen (secondary N) is 1. The molecule has 0 atom stereocenters. The molecule has 4 rings (SSSR count). The molecular formula is C15H9N4. The minimum absolute atomic E-state index is 0.746. The molecule has 2 aromatic heterocycles. The van der Waals surface area contributed by atoms with Gasteiger partial charge in [0.05, 0.1) is 16.6 Å². The maximum atomic E-state index is 4.57. The zero-order valence-corrected chi connectivity index (χ0v) is 9.96. The number of benzene rings is 2. The fourth-order valence-electron chi connectivity index (χ4n) is 2.21. The van der Waals surface area contributed by atoms with Crippen molar-refractivity contribution in [1.29, 1.82) is 0 Å². The Kier molecular flexibility index (Phi) is 2.08. The van der Waals surface area contributed by atoms with Gasteiger partial charge < -0.3 is 4.98 Å². The Hall–Kier alpha value is -2.75. The van der Waals surface area contributed by atoms with Crippen LogP contribution in [0.25, 0.3) is 33.5 Å². The van der Waals surface area contributed by atoms with Gasteiger partial charge in [0.25, 0.3) is 0 Å². The molecule has 0 aliphatic rings.